The number of Topliss-reactive ketones (excluding diaryl/α,β-unsaturated/α-hetero) is 1. The molecule has 0 aromatic carbocycles. The quantitative estimate of drug-likeness (QED) is 0.290. The van der Waals surface area contributed by atoms with Crippen LogP contribution in [-0.2, 0) is 19.0 Å². The van der Waals surface area contributed by atoms with E-state index in [1.165, 1.54) is 57.8 Å². The Kier molecular flexibility index (Phi) is 9.29. The van der Waals surface area contributed by atoms with Crippen LogP contribution in [0, 0.1) is 0 Å². The zero-order valence-corrected chi connectivity index (χ0v) is 15.5. The Labute approximate surface area is 147 Å². The molecular formula is C20H36O4. The lowest BCUT2D eigenvalue weighted by atomic mass is 9.99. The Hall–Kier alpha value is -0.450. The maximum absolute atomic E-state index is 12.2. The summed E-state index contributed by atoms with van der Waals surface area (Å²) >= 11 is 0. The van der Waals surface area contributed by atoms with E-state index in [4.69, 9.17) is 14.2 Å². The molecule has 2 rings (SSSR count). The molecule has 2 saturated heterocycles. The van der Waals surface area contributed by atoms with Gasteiger partial charge in [-0.1, -0.05) is 71.1 Å². The summed E-state index contributed by atoms with van der Waals surface area (Å²) in [5.74, 6) is 0.232. The number of ketones is 1. The van der Waals surface area contributed by atoms with Crippen LogP contribution in [0.15, 0.2) is 0 Å². The van der Waals surface area contributed by atoms with E-state index in [0.29, 0.717) is 26.2 Å². The van der Waals surface area contributed by atoms with Crippen LogP contribution in [0.1, 0.15) is 84.0 Å². The summed E-state index contributed by atoms with van der Waals surface area (Å²) in [6.45, 7) is 4.59. The fourth-order valence-electron chi connectivity index (χ4n) is 3.11. The van der Waals surface area contributed by atoms with Gasteiger partial charge in [0.25, 0.3) is 0 Å². The van der Waals surface area contributed by atoms with Gasteiger partial charge in [0.1, 0.15) is 6.10 Å². The van der Waals surface area contributed by atoms with E-state index in [2.05, 4.69) is 6.92 Å². The number of rotatable bonds is 17. The van der Waals surface area contributed by atoms with Gasteiger partial charge >= 0.3 is 0 Å². The number of unbranched alkanes of at least 4 members (excludes halogenated alkanes) is 10. The van der Waals surface area contributed by atoms with Crippen molar-refractivity contribution in [2.75, 3.05) is 26.4 Å². The van der Waals surface area contributed by atoms with Gasteiger partial charge in [-0.05, 0) is 6.42 Å². The van der Waals surface area contributed by atoms with Crippen molar-refractivity contribution in [3.05, 3.63) is 0 Å². The standard InChI is InChI=1S/C20H36O4/c1-2-3-4-5-6-7-8-9-10-11-12-13-19(21)20(17-24-20)16-22-14-18-15-23-18/h18H,2-17H2,1H3. The van der Waals surface area contributed by atoms with Gasteiger partial charge < -0.3 is 14.2 Å². The van der Waals surface area contributed by atoms with E-state index < -0.39 is 5.60 Å². The highest BCUT2D eigenvalue weighted by molar-refractivity contribution is 5.89. The average Bonchev–Trinajstić information content (AvgIpc) is 3.48. The topological polar surface area (TPSA) is 51.4 Å². The van der Waals surface area contributed by atoms with E-state index in [-0.39, 0.29) is 11.9 Å². The molecule has 2 heterocycles. The third kappa shape index (κ3) is 8.09. The number of hydrogen-bond donors (Lipinski definition) is 0. The zero-order chi connectivity index (χ0) is 17.1. The summed E-state index contributed by atoms with van der Waals surface area (Å²) in [5, 5.41) is 0. The van der Waals surface area contributed by atoms with E-state index in [0.717, 1.165) is 19.4 Å². The molecule has 140 valence electrons. The zero-order valence-electron chi connectivity index (χ0n) is 15.5. The molecule has 2 atom stereocenters. The minimum absolute atomic E-state index is 0.232. The molecule has 0 aliphatic carbocycles. The SMILES string of the molecule is CCCCCCCCCCCCCC(=O)C1(COCC2CO2)CO1. The van der Waals surface area contributed by atoms with Crippen molar-refractivity contribution in [1.29, 1.82) is 0 Å². The van der Waals surface area contributed by atoms with Crippen LogP contribution in [0.2, 0.25) is 0 Å². The predicted octanol–water partition coefficient (Wildman–Crippen LogP) is 4.44. The highest BCUT2D eigenvalue weighted by atomic mass is 16.6. The van der Waals surface area contributed by atoms with Crippen LogP contribution in [0.3, 0.4) is 0 Å². The van der Waals surface area contributed by atoms with Gasteiger partial charge in [-0.2, -0.15) is 0 Å². The third-order valence-corrected chi connectivity index (χ3v) is 5.05. The summed E-state index contributed by atoms with van der Waals surface area (Å²) < 4.78 is 16.0. The normalized spacial score (nSPS) is 25.0. The van der Waals surface area contributed by atoms with Crippen molar-refractivity contribution < 1.29 is 19.0 Å². The van der Waals surface area contributed by atoms with Gasteiger partial charge in [0, 0.05) is 6.42 Å². The molecule has 0 N–H and O–H groups in total. The second kappa shape index (κ2) is 11.2. The summed E-state index contributed by atoms with van der Waals surface area (Å²) in [6.07, 6.45) is 15.3. The number of carbonyl (C=O) groups excluding carboxylic acids is 1. The monoisotopic (exact) mass is 340 g/mol. The Balaban J connectivity index is 1.37. The van der Waals surface area contributed by atoms with Crippen molar-refractivity contribution >= 4 is 5.78 Å². The molecule has 0 spiro atoms. The minimum Gasteiger partial charge on any atom is -0.375 e. The van der Waals surface area contributed by atoms with Gasteiger partial charge in [-0.3, -0.25) is 4.79 Å². The maximum Gasteiger partial charge on any atom is 0.172 e. The summed E-state index contributed by atoms with van der Waals surface area (Å²) in [7, 11) is 0. The number of carbonyl (C=O) groups is 1. The average molecular weight is 341 g/mol. The van der Waals surface area contributed by atoms with Gasteiger partial charge in [-0.15, -0.1) is 0 Å². The van der Waals surface area contributed by atoms with Gasteiger partial charge in [0.2, 0.25) is 0 Å². The number of ether oxygens (including phenoxy) is 3. The van der Waals surface area contributed by atoms with E-state index in [9.17, 15) is 4.79 Å². The number of epoxide rings is 2. The molecule has 0 bridgehead atoms. The molecule has 0 amide bonds. The van der Waals surface area contributed by atoms with Gasteiger partial charge in [0.15, 0.2) is 11.4 Å². The van der Waals surface area contributed by atoms with Crippen molar-refractivity contribution in [3.63, 3.8) is 0 Å². The largest absolute Gasteiger partial charge is 0.375 e. The third-order valence-electron chi connectivity index (χ3n) is 5.05. The fraction of sp³-hybridized carbons (Fsp3) is 0.950. The summed E-state index contributed by atoms with van der Waals surface area (Å²) in [5.41, 5.74) is -0.604. The first-order valence-electron chi connectivity index (χ1n) is 10.1. The molecule has 4 nitrogen and oxygen atoms in total. The van der Waals surface area contributed by atoms with Gasteiger partial charge in [-0.25, -0.2) is 0 Å². The molecule has 2 aliphatic rings. The van der Waals surface area contributed by atoms with Crippen LogP contribution in [-0.4, -0.2) is 43.9 Å². The lowest BCUT2D eigenvalue weighted by Gasteiger charge is -2.11. The minimum atomic E-state index is -0.604. The van der Waals surface area contributed by atoms with Crippen molar-refractivity contribution in [3.8, 4) is 0 Å². The Morgan fingerprint density at radius 1 is 1.00 bits per heavy atom. The van der Waals surface area contributed by atoms with E-state index in [1.54, 1.807) is 0 Å². The van der Waals surface area contributed by atoms with Crippen molar-refractivity contribution in [2.45, 2.75) is 95.7 Å². The van der Waals surface area contributed by atoms with Crippen molar-refractivity contribution in [2.24, 2.45) is 0 Å². The summed E-state index contributed by atoms with van der Waals surface area (Å²) in [6, 6.07) is 0. The van der Waals surface area contributed by atoms with Crippen molar-refractivity contribution in [1.82, 2.24) is 0 Å². The van der Waals surface area contributed by atoms with Crippen LogP contribution < -0.4 is 0 Å². The maximum atomic E-state index is 12.2. The van der Waals surface area contributed by atoms with Crippen LogP contribution in [0.25, 0.3) is 0 Å². The van der Waals surface area contributed by atoms with E-state index in [1.807, 2.05) is 0 Å². The Morgan fingerprint density at radius 2 is 1.54 bits per heavy atom. The second-order valence-corrected chi connectivity index (χ2v) is 7.46. The molecule has 0 aromatic rings. The first kappa shape index (κ1) is 19.9. The molecular weight excluding hydrogens is 304 g/mol. The predicted molar refractivity (Wildman–Crippen MR) is 95.3 cm³/mol. The highest BCUT2D eigenvalue weighted by Gasteiger charge is 2.51. The smallest absolute Gasteiger partial charge is 0.172 e. The lowest BCUT2D eigenvalue weighted by molar-refractivity contribution is -0.126. The molecule has 0 radical (unpaired) electrons. The first-order chi connectivity index (χ1) is 11.8. The van der Waals surface area contributed by atoms with Gasteiger partial charge in [0.05, 0.1) is 26.4 Å². The van der Waals surface area contributed by atoms with Crippen LogP contribution in [0.5, 0.6) is 0 Å². The Morgan fingerprint density at radius 3 is 2.04 bits per heavy atom. The second-order valence-electron chi connectivity index (χ2n) is 7.46. The van der Waals surface area contributed by atoms with E-state index >= 15 is 0 Å². The highest BCUT2D eigenvalue weighted by Crippen LogP contribution is 2.31. The molecule has 0 saturated carbocycles. The molecule has 2 aliphatic heterocycles. The molecule has 24 heavy (non-hydrogen) atoms. The Bertz CT molecular complexity index is 348. The van der Waals surface area contributed by atoms with Crippen LogP contribution >= 0.6 is 0 Å². The molecule has 2 fully saturated rings. The summed E-state index contributed by atoms with van der Waals surface area (Å²) in [4.78, 5) is 12.2. The van der Waals surface area contributed by atoms with Crippen LogP contribution in [0.4, 0.5) is 0 Å². The molecule has 2 unspecified atom stereocenters. The number of hydrogen-bond acceptors (Lipinski definition) is 4. The first-order valence-corrected chi connectivity index (χ1v) is 10.1. The molecule has 4 heteroatoms. The lowest BCUT2D eigenvalue weighted by Crippen LogP contribution is -2.31. The fourth-order valence-corrected chi connectivity index (χ4v) is 3.11. The molecule has 0 aromatic heterocycles.